The van der Waals surface area contributed by atoms with Gasteiger partial charge in [0.25, 0.3) is 5.91 Å². The molecule has 2 aromatic carbocycles. The number of nitrogens with zero attached hydrogens (tertiary/aromatic N) is 1. The van der Waals surface area contributed by atoms with E-state index in [1.165, 1.54) is 16.5 Å². The average Bonchev–Trinajstić information content (AvgIpc) is 3.26. The number of rotatable bonds is 6. The molecule has 5 nitrogen and oxygen atoms in total. The molecule has 0 bridgehead atoms. The highest BCUT2D eigenvalue weighted by Gasteiger charge is 2.31. The van der Waals surface area contributed by atoms with Gasteiger partial charge in [0.2, 0.25) is 5.91 Å². The Kier molecular flexibility index (Phi) is 6.21. The van der Waals surface area contributed by atoms with Crippen molar-refractivity contribution in [2.45, 2.75) is 32.7 Å². The van der Waals surface area contributed by atoms with Gasteiger partial charge in [-0.1, -0.05) is 62.7 Å². The molecule has 0 spiro atoms. The molecule has 0 radical (unpaired) electrons. The highest BCUT2D eigenvalue weighted by molar-refractivity contribution is 5.98. The van der Waals surface area contributed by atoms with Gasteiger partial charge in [0.1, 0.15) is 6.04 Å². The second-order valence-corrected chi connectivity index (χ2v) is 8.21. The molecule has 4 rings (SSSR count). The number of carbonyl (C=O) groups is 2. The summed E-state index contributed by atoms with van der Waals surface area (Å²) >= 11 is 0. The minimum absolute atomic E-state index is 0.00661. The monoisotopic (exact) mass is 415 g/mol. The van der Waals surface area contributed by atoms with Gasteiger partial charge in [0, 0.05) is 41.3 Å². The van der Waals surface area contributed by atoms with E-state index in [1.807, 2.05) is 49.1 Å². The molecule has 160 valence electrons. The van der Waals surface area contributed by atoms with Crippen molar-refractivity contribution < 1.29 is 9.59 Å². The molecule has 0 aliphatic carbocycles. The number of carbonyl (C=O) groups excluding carboxylic acids is 2. The first-order chi connectivity index (χ1) is 15.1. The lowest BCUT2D eigenvalue weighted by molar-refractivity contribution is -0.134. The molecule has 2 atom stereocenters. The predicted molar refractivity (Wildman–Crippen MR) is 125 cm³/mol. The zero-order chi connectivity index (χ0) is 21.8. The molecule has 1 aromatic heterocycles. The minimum Gasteiger partial charge on any atom is -0.361 e. The van der Waals surface area contributed by atoms with Gasteiger partial charge in [-0.05, 0) is 36.1 Å². The van der Waals surface area contributed by atoms with E-state index >= 15 is 0 Å². The predicted octanol–water partition coefficient (Wildman–Crippen LogP) is 4.63. The van der Waals surface area contributed by atoms with Crippen LogP contribution in [-0.4, -0.2) is 40.8 Å². The van der Waals surface area contributed by atoms with Crippen LogP contribution in [0.15, 0.2) is 66.9 Å². The van der Waals surface area contributed by atoms with Gasteiger partial charge < -0.3 is 15.2 Å². The van der Waals surface area contributed by atoms with Gasteiger partial charge in [-0.2, -0.15) is 0 Å². The number of aromatic nitrogens is 1. The third-order valence-electron chi connectivity index (χ3n) is 6.26. The van der Waals surface area contributed by atoms with E-state index in [0.717, 1.165) is 18.4 Å². The van der Waals surface area contributed by atoms with E-state index in [2.05, 4.69) is 34.7 Å². The van der Waals surface area contributed by atoms with E-state index in [-0.39, 0.29) is 17.7 Å². The molecule has 0 unspecified atom stereocenters. The summed E-state index contributed by atoms with van der Waals surface area (Å²) in [5.41, 5.74) is 4.16. The molecule has 1 aliphatic heterocycles. The van der Waals surface area contributed by atoms with Crippen molar-refractivity contribution in [3.63, 3.8) is 0 Å². The fourth-order valence-corrected chi connectivity index (χ4v) is 4.15. The van der Waals surface area contributed by atoms with Crippen LogP contribution in [0.2, 0.25) is 0 Å². The van der Waals surface area contributed by atoms with Gasteiger partial charge >= 0.3 is 0 Å². The molecular weight excluding hydrogens is 386 g/mol. The Labute approximate surface area is 183 Å². The van der Waals surface area contributed by atoms with Gasteiger partial charge in [-0.3, -0.25) is 9.59 Å². The van der Waals surface area contributed by atoms with Gasteiger partial charge in [-0.15, -0.1) is 0 Å². The smallest absolute Gasteiger partial charge is 0.251 e. The summed E-state index contributed by atoms with van der Waals surface area (Å²) in [7, 11) is 0. The van der Waals surface area contributed by atoms with Crippen molar-refractivity contribution in [1.29, 1.82) is 0 Å². The number of H-pyrrole nitrogens is 1. The van der Waals surface area contributed by atoms with Crippen LogP contribution >= 0.6 is 0 Å². The summed E-state index contributed by atoms with van der Waals surface area (Å²) in [4.78, 5) is 31.2. The lowest BCUT2D eigenvalue weighted by Gasteiger charge is -2.32. The SMILES string of the molecule is CC[C@H](C)[C@@H](NC(=O)c1ccccc1)C(=O)N1CC=C(c2c[nH]c3ccccc23)CC1. The molecule has 31 heavy (non-hydrogen) atoms. The number of nitrogens with one attached hydrogen (secondary N) is 2. The molecule has 3 aromatic rings. The van der Waals surface area contributed by atoms with Gasteiger partial charge in [0.15, 0.2) is 0 Å². The molecule has 1 aliphatic rings. The Morgan fingerprint density at radius 2 is 1.84 bits per heavy atom. The molecule has 0 fully saturated rings. The van der Waals surface area contributed by atoms with Crippen LogP contribution in [0.3, 0.4) is 0 Å². The van der Waals surface area contributed by atoms with E-state index in [4.69, 9.17) is 0 Å². The van der Waals surface area contributed by atoms with Crippen LogP contribution in [0, 0.1) is 5.92 Å². The van der Waals surface area contributed by atoms with Crippen molar-refractivity contribution in [2.24, 2.45) is 5.92 Å². The lowest BCUT2D eigenvalue weighted by atomic mass is 9.95. The zero-order valence-corrected chi connectivity index (χ0v) is 18.1. The maximum atomic E-state index is 13.3. The Bertz CT molecular complexity index is 1100. The zero-order valence-electron chi connectivity index (χ0n) is 18.1. The number of fused-ring (bicyclic) bond motifs is 1. The summed E-state index contributed by atoms with van der Waals surface area (Å²) in [6.45, 7) is 5.27. The molecular formula is C26H29N3O2. The van der Waals surface area contributed by atoms with Crippen molar-refractivity contribution in [3.05, 3.63) is 78.0 Å². The van der Waals surface area contributed by atoms with Crippen LogP contribution in [0.25, 0.3) is 16.5 Å². The highest BCUT2D eigenvalue weighted by atomic mass is 16.2. The Morgan fingerprint density at radius 1 is 1.10 bits per heavy atom. The molecule has 2 heterocycles. The maximum absolute atomic E-state index is 13.3. The van der Waals surface area contributed by atoms with Crippen LogP contribution in [-0.2, 0) is 4.79 Å². The van der Waals surface area contributed by atoms with E-state index in [9.17, 15) is 9.59 Å². The van der Waals surface area contributed by atoms with Gasteiger partial charge in [-0.25, -0.2) is 0 Å². The number of hydrogen-bond acceptors (Lipinski definition) is 2. The standard InChI is InChI=1S/C26H29N3O2/c1-3-18(2)24(28-25(30)20-9-5-4-6-10-20)26(31)29-15-13-19(14-16-29)22-17-27-23-12-8-7-11-21(22)23/h4-13,17-18,24,27H,3,14-16H2,1-2H3,(H,28,30)/t18-,24+/m0/s1. The molecule has 0 saturated heterocycles. The summed E-state index contributed by atoms with van der Waals surface area (Å²) in [5, 5.41) is 4.20. The maximum Gasteiger partial charge on any atom is 0.251 e. The normalized spacial score (nSPS) is 15.9. The quantitative estimate of drug-likeness (QED) is 0.617. The fraction of sp³-hybridized carbons (Fsp3) is 0.308. The summed E-state index contributed by atoms with van der Waals surface area (Å²) < 4.78 is 0. The molecule has 0 saturated carbocycles. The van der Waals surface area contributed by atoms with Gasteiger partial charge in [0.05, 0.1) is 0 Å². The first-order valence-electron chi connectivity index (χ1n) is 11.0. The van der Waals surface area contributed by atoms with Crippen LogP contribution in [0.4, 0.5) is 0 Å². The second kappa shape index (κ2) is 9.21. The minimum atomic E-state index is -0.527. The Balaban J connectivity index is 1.49. The third-order valence-corrected chi connectivity index (χ3v) is 6.26. The largest absolute Gasteiger partial charge is 0.361 e. The van der Waals surface area contributed by atoms with Crippen LogP contribution < -0.4 is 5.32 Å². The van der Waals surface area contributed by atoms with Crippen molar-refractivity contribution >= 4 is 28.3 Å². The fourth-order valence-electron chi connectivity index (χ4n) is 4.15. The molecule has 5 heteroatoms. The van der Waals surface area contributed by atoms with Crippen molar-refractivity contribution in [3.8, 4) is 0 Å². The molecule has 2 N–H and O–H groups in total. The first kappa shape index (κ1) is 20.9. The molecule has 2 amide bonds. The van der Waals surface area contributed by atoms with Crippen LogP contribution in [0.1, 0.15) is 42.6 Å². The lowest BCUT2D eigenvalue weighted by Crippen LogP contribution is -2.52. The van der Waals surface area contributed by atoms with Crippen LogP contribution in [0.5, 0.6) is 0 Å². The van der Waals surface area contributed by atoms with E-state index < -0.39 is 6.04 Å². The second-order valence-electron chi connectivity index (χ2n) is 8.21. The summed E-state index contributed by atoms with van der Waals surface area (Å²) in [6.07, 6.45) is 5.81. The third kappa shape index (κ3) is 4.41. The first-order valence-corrected chi connectivity index (χ1v) is 11.0. The van der Waals surface area contributed by atoms with E-state index in [0.29, 0.717) is 18.7 Å². The highest BCUT2D eigenvalue weighted by Crippen LogP contribution is 2.29. The topological polar surface area (TPSA) is 65.2 Å². The number of aromatic amines is 1. The Hall–Kier alpha value is -3.34. The summed E-state index contributed by atoms with van der Waals surface area (Å²) in [5.74, 6) is -0.154. The number of para-hydroxylation sites is 1. The number of hydrogen-bond donors (Lipinski definition) is 2. The average molecular weight is 416 g/mol. The van der Waals surface area contributed by atoms with Crippen molar-refractivity contribution in [1.82, 2.24) is 15.2 Å². The van der Waals surface area contributed by atoms with Crippen molar-refractivity contribution in [2.75, 3.05) is 13.1 Å². The van der Waals surface area contributed by atoms with E-state index in [1.54, 1.807) is 12.1 Å². The summed E-state index contributed by atoms with van der Waals surface area (Å²) in [6, 6.07) is 16.8. The Morgan fingerprint density at radius 3 is 2.55 bits per heavy atom. The number of amides is 2. The number of benzene rings is 2.